The van der Waals surface area contributed by atoms with E-state index in [-0.39, 0.29) is 0 Å². The van der Waals surface area contributed by atoms with E-state index in [1.165, 1.54) is 28.1 Å². The Hall–Kier alpha value is -0.340. The summed E-state index contributed by atoms with van der Waals surface area (Å²) in [5.74, 6) is 0. The van der Waals surface area contributed by atoms with Crippen LogP contribution in [0.25, 0.3) is 0 Å². The van der Waals surface area contributed by atoms with Crippen molar-refractivity contribution in [1.29, 1.82) is 0 Å². The zero-order valence-corrected chi connectivity index (χ0v) is 16.4. The van der Waals surface area contributed by atoms with Crippen LogP contribution in [0.5, 0.6) is 0 Å². The second kappa shape index (κ2) is 7.49. The molecule has 1 aromatic heterocycles. The van der Waals surface area contributed by atoms with Crippen LogP contribution in [0.1, 0.15) is 26.3 Å². The first-order valence-corrected chi connectivity index (χ1v) is 10.8. The summed E-state index contributed by atoms with van der Waals surface area (Å²) in [6, 6.07) is 2.03. The van der Waals surface area contributed by atoms with Crippen molar-refractivity contribution in [2.24, 2.45) is 10.2 Å². The Kier molecular flexibility index (Phi) is 5.62. The molecular weight excluding hydrogens is 369 g/mol. The molecule has 0 atom stereocenters. The van der Waals surface area contributed by atoms with Crippen LogP contribution in [0, 0.1) is 0 Å². The molecule has 0 bridgehead atoms. The molecular formula is C15H14N2S5. The highest BCUT2D eigenvalue weighted by Gasteiger charge is 2.25. The van der Waals surface area contributed by atoms with Crippen molar-refractivity contribution in [3.63, 3.8) is 0 Å². The number of nitrogens with zero attached hydrogens (tertiary/aromatic N) is 2. The first kappa shape index (κ1) is 16.5. The van der Waals surface area contributed by atoms with Crippen molar-refractivity contribution in [1.82, 2.24) is 0 Å². The molecule has 22 heavy (non-hydrogen) atoms. The van der Waals surface area contributed by atoms with Gasteiger partial charge in [-0.05, 0) is 47.4 Å². The highest BCUT2D eigenvalue weighted by atomic mass is 32.2. The van der Waals surface area contributed by atoms with E-state index in [2.05, 4.69) is 36.4 Å². The van der Waals surface area contributed by atoms with Gasteiger partial charge in [0.1, 0.15) is 0 Å². The van der Waals surface area contributed by atoms with E-state index >= 15 is 0 Å². The number of hydrogen-bond donors (Lipinski definition) is 0. The van der Waals surface area contributed by atoms with Crippen LogP contribution >= 0.6 is 58.4 Å². The van der Waals surface area contributed by atoms with E-state index in [0.29, 0.717) is 0 Å². The van der Waals surface area contributed by atoms with Crippen LogP contribution in [0.15, 0.2) is 55.1 Å². The van der Waals surface area contributed by atoms with Gasteiger partial charge >= 0.3 is 0 Å². The Morgan fingerprint density at radius 3 is 2.14 bits per heavy atom. The second-order valence-electron chi connectivity index (χ2n) is 4.56. The summed E-state index contributed by atoms with van der Waals surface area (Å²) in [7, 11) is 0. The monoisotopic (exact) mass is 382 g/mol. The summed E-state index contributed by atoms with van der Waals surface area (Å²) in [5.41, 5.74) is 1.10. The molecule has 1 aromatic rings. The molecule has 0 unspecified atom stereocenters. The fourth-order valence-corrected chi connectivity index (χ4v) is 7.53. The molecule has 2 aliphatic heterocycles. The standard InChI is InChI=1S/C15H14N2S5/c1-9-10(2)20-14(19-9)15-21-11(3)13(22-15)7-17-16-6-12-4-5-18-8-12/h4-8H,1-3H3/b16-6+,17-7+. The van der Waals surface area contributed by atoms with Crippen LogP contribution in [-0.2, 0) is 0 Å². The molecule has 2 nitrogen and oxygen atoms in total. The van der Waals surface area contributed by atoms with Crippen molar-refractivity contribution in [2.75, 3.05) is 0 Å². The van der Waals surface area contributed by atoms with E-state index < -0.39 is 0 Å². The predicted molar refractivity (Wildman–Crippen MR) is 109 cm³/mol. The smallest absolute Gasteiger partial charge is 0.0703 e. The fraction of sp³-hybridized carbons (Fsp3) is 0.200. The summed E-state index contributed by atoms with van der Waals surface area (Å²) in [6.07, 6.45) is 3.65. The molecule has 0 aliphatic carbocycles. The number of rotatable bonds is 3. The molecule has 0 saturated heterocycles. The van der Waals surface area contributed by atoms with Gasteiger partial charge in [-0.25, -0.2) is 0 Å². The van der Waals surface area contributed by atoms with Crippen LogP contribution < -0.4 is 0 Å². The predicted octanol–water partition coefficient (Wildman–Crippen LogP) is 6.72. The number of thiophene rings is 1. The molecule has 0 aromatic carbocycles. The van der Waals surface area contributed by atoms with Gasteiger partial charge in [-0.1, -0.05) is 47.0 Å². The SMILES string of the molecule is CC1=C(C)SC(=C2SC(C)=C(/C=N/N=C/c3ccsc3)S2)S1. The normalized spacial score (nSPS) is 19.8. The van der Waals surface area contributed by atoms with Gasteiger partial charge in [-0.2, -0.15) is 21.5 Å². The number of thioether (sulfide) groups is 4. The minimum Gasteiger partial charge on any atom is -0.158 e. The molecule has 0 N–H and O–H groups in total. The van der Waals surface area contributed by atoms with E-state index in [1.54, 1.807) is 29.3 Å². The lowest BCUT2D eigenvalue weighted by molar-refractivity contribution is 1.27. The van der Waals surface area contributed by atoms with Crippen molar-refractivity contribution >= 4 is 70.8 Å². The van der Waals surface area contributed by atoms with Crippen molar-refractivity contribution in [3.8, 4) is 0 Å². The molecule has 2 aliphatic rings. The van der Waals surface area contributed by atoms with Crippen molar-refractivity contribution in [3.05, 3.63) is 50.5 Å². The Morgan fingerprint density at radius 1 is 0.818 bits per heavy atom. The van der Waals surface area contributed by atoms with Crippen LogP contribution in [0.4, 0.5) is 0 Å². The average Bonchev–Trinajstić information content (AvgIpc) is 3.19. The molecule has 0 saturated carbocycles. The maximum Gasteiger partial charge on any atom is 0.0703 e. The Labute approximate surface area is 151 Å². The van der Waals surface area contributed by atoms with Gasteiger partial charge in [0.2, 0.25) is 0 Å². The third kappa shape index (κ3) is 3.94. The maximum atomic E-state index is 4.18. The van der Waals surface area contributed by atoms with Gasteiger partial charge < -0.3 is 0 Å². The zero-order chi connectivity index (χ0) is 15.5. The summed E-state index contributed by atoms with van der Waals surface area (Å²) >= 11 is 9.07. The lowest BCUT2D eigenvalue weighted by atomic mass is 10.4. The fourth-order valence-electron chi connectivity index (χ4n) is 1.64. The van der Waals surface area contributed by atoms with E-state index in [1.807, 2.05) is 52.9 Å². The first-order chi connectivity index (χ1) is 10.6. The molecule has 0 amide bonds. The Morgan fingerprint density at radius 2 is 1.45 bits per heavy atom. The van der Waals surface area contributed by atoms with E-state index in [9.17, 15) is 0 Å². The average molecular weight is 383 g/mol. The van der Waals surface area contributed by atoms with Gasteiger partial charge in [-0.15, -0.1) is 0 Å². The highest BCUT2D eigenvalue weighted by molar-refractivity contribution is 8.34. The minimum absolute atomic E-state index is 1.10. The molecule has 0 fully saturated rings. The van der Waals surface area contributed by atoms with Crippen LogP contribution in [0.2, 0.25) is 0 Å². The number of hydrogen-bond acceptors (Lipinski definition) is 7. The Bertz CT molecular complexity index is 707. The van der Waals surface area contributed by atoms with Crippen LogP contribution in [-0.4, -0.2) is 12.4 Å². The lowest BCUT2D eigenvalue weighted by Gasteiger charge is -2.00. The second-order valence-corrected chi connectivity index (χ2v) is 10.6. The summed E-state index contributed by atoms with van der Waals surface area (Å²) in [4.78, 5) is 5.31. The highest BCUT2D eigenvalue weighted by Crippen LogP contribution is 2.59. The zero-order valence-electron chi connectivity index (χ0n) is 12.3. The van der Waals surface area contributed by atoms with Gasteiger partial charge in [0.25, 0.3) is 0 Å². The molecule has 0 radical (unpaired) electrons. The van der Waals surface area contributed by atoms with Gasteiger partial charge in [0.15, 0.2) is 0 Å². The third-order valence-electron chi connectivity index (χ3n) is 2.94. The van der Waals surface area contributed by atoms with E-state index in [4.69, 9.17) is 0 Å². The van der Waals surface area contributed by atoms with Crippen molar-refractivity contribution < 1.29 is 0 Å². The maximum absolute atomic E-state index is 4.18. The van der Waals surface area contributed by atoms with Crippen molar-refractivity contribution in [2.45, 2.75) is 20.8 Å². The van der Waals surface area contributed by atoms with E-state index in [0.717, 1.165) is 5.56 Å². The quantitative estimate of drug-likeness (QED) is 0.428. The molecule has 7 heteroatoms. The summed E-state index contributed by atoms with van der Waals surface area (Å²) < 4.78 is 2.77. The Balaban J connectivity index is 1.64. The van der Waals surface area contributed by atoms with Gasteiger partial charge in [-0.3, -0.25) is 0 Å². The largest absolute Gasteiger partial charge is 0.158 e. The number of allylic oxidation sites excluding steroid dienone is 4. The third-order valence-corrected chi connectivity index (χ3v) is 9.36. The summed E-state index contributed by atoms with van der Waals surface area (Å²) in [5, 5.41) is 12.4. The minimum atomic E-state index is 1.10. The van der Waals surface area contributed by atoms with Crippen LogP contribution in [0.3, 0.4) is 0 Å². The first-order valence-electron chi connectivity index (χ1n) is 6.56. The summed E-state index contributed by atoms with van der Waals surface area (Å²) in [6.45, 7) is 6.52. The molecule has 0 spiro atoms. The van der Waals surface area contributed by atoms with Gasteiger partial charge in [0.05, 0.1) is 20.9 Å². The molecule has 3 heterocycles. The molecule has 3 rings (SSSR count). The topological polar surface area (TPSA) is 24.7 Å². The van der Waals surface area contributed by atoms with Gasteiger partial charge in [0, 0.05) is 15.4 Å². The molecule has 114 valence electrons. The lowest BCUT2D eigenvalue weighted by Crippen LogP contribution is -1.77.